The van der Waals surface area contributed by atoms with Crippen LogP contribution >= 0.6 is 0 Å². The number of carbonyl (C=O) groups is 1. The molecule has 1 aliphatic rings. The molecule has 0 aromatic heterocycles. The first-order valence-electron chi connectivity index (χ1n) is 6.16. The molecule has 5 nitrogen and oxygen atoms in total. The molecule has 1 saturated carbocycles. The molecule has 1 fully saturated rings. The summed E-state index contributed by atoms with van der Waals surface area (Å²) in [5.41, 5.74) is -0.160. The molecule has 0 amide bonds. The van der Waals surface area contributed by atoms with Gasteiger partial charge in [0.05, 0.1) is 11.3 Å². The first-order valence-corrected chi connectivity index (χ1v) is 7.64. The summed E-state index contributed by atoms with van der Waals surface area (Å²) in [6.07, 6.45) is 1.83. The first-order chi connectivity index (χ1) is 8.85. The predicted molar refractivity (Wildman–Crippen MR) is 70.3 cm³/mol. The standard InChI is InChI=1S/C13H17NO4S/c1-10-5-2-3-6-11(10)19(17,18)14-13(7-4-8-13)9-12(15)16/h2-3,5-6,14H,4,7-9H2,1H3,(H,15,16). The van der Waals surface area contributed by atoms with Gasteiger partial charge in [0.2, 0.25) is 10.0 Å². The summed E-state index contributed by atoms with van der Waals surface area (Å²) in [5, 5.41) is 8.90. The number of sulfonamides is 1. The lowest BCUT2D eigenvalue weighted by molar-refractivity contribution is -0.139. The second-order valence-corrected chi connectivity index (χ2v) is 6.73. The lowest BCUT2D eigenvalue weighted by Gasteiger charge is -2.41. The topological polar surface area (TPSA) is 83.5 Å². The van der Waals surface area contributed by atoms with Crippen LogP contribution in [-0.2, 0) is 14.8 Å². The summed E-state index contributed by atoms with van der Waals surface area (Å²) in [7, 11) is -3.67. The van der Waals surface area contributed by atoms with E-state index in [2.05, 4.69) is 4.72 Å². The van der Waals surface area contributed by atoms with Gasteiger partial charge in [-0.2, -0.15) is 0 Å². The van der Waals surface area contributed by atoms with E-state index in [1.54, 1.807) is 25.1 Å². The van der Waals surface area contributed by atoms with Crippen LogP contribution in [0.2, 0.25) is 0 Å². The summed E-state index contributed by atoms with van der Waals surface area (Å²) in [6, 6.07) is 6.68. The van der Waals surface area contributed by atoms with Crippen molar-refractivity contribution < 1.29 is 18.3 Å². The number of carboxylic acid groups (broad SMARTS) is 1. The van der Waals surface area contributed by atoms with E-state index in [4.69, 9.17) is 5.11 Å². The Hall–Kier alpha value is -1.40. The molecule has 0 aliphatic heterocycles. The second kappa shape index (κ2) is 4.94. The zero-order chi connectivity index (χ0) is 14.1. The fourth-order valence-electron chi connectivity index (χ4n) is 2.41. The molecule has 19 heavy (non-hydrogen) atoms. The van der Waals surface area contributed by atoms with Gasteiger partial charge >= 0.3 is 5.97 Å². The van der Waals surface area contributed by atoms with E-state index in [1.165, 1.54) is 6.07 Å². The average molecular weight is 283 g/mol. The van der Waals surface area contributed by atoms with E-state index in [-0.39, 0.29) is 11.3 Å². The molecule has 0 saturated heterocycles. The number of aliphatic carboxylic acids is 1. The number of benzene rings is 1. The molecule has 0 atom stereocenters. The van der Waals surface area contributed by atoms with Crippen LogP contribution in [0, 0.1) is 6.92 Å². The Morgan fingerprint density at radius 2 is 2.00 bits per heavy atom. The molecule has 0 unspecified atom stereocenters. The maximum atomic E-state index is 12.3. The average Bonchev–Trinajstić information content (AvgIpc) is 2.25. The van der Waals surface area contributed by atoms with Gasteiger partial charge in [-0.3, -0.25) is 4.79 Å². The second-order valence-electron chi connectivity index (χ2n) is 5.08. The molecule has 0 heterocycles. The van der Waals surface area contributed by atoms with Gasteiger partial charge in [-0.05, 0) is 37.8 Å². The summed E-state index contributed by atoms with van der Waals surface area (Å²) in [6.45, 7) is 1.72. The minimum Gasteiger partial charge on any atom is -0.481 e. The Morgan fingerprint density at radius 3 is 2.47 bits per heavy atom. The maximum absolute atomic E-state index is 12.3. The van der Waals surface area contributed by atoms with Gasteiger partial charge in [0, 0.05) is 5.54 Å². The predicted octanol–water partition coefficient (Wildman–Crippen LogP) is 1.67. The number of hydrogen-bond donors (Lipinski definition) is 2. The van der Waals surface area contributed by atoms with Gasteiger partial charge in [-0.15, -0.1) is 0 Å². The molecule has 0 bridgehead atoms. The molecule has 104 valence electrons. The van der Waals surface area contributed by atoms with Crippen molar-refractivity contribution in [3.8, 4) is 0 Å². The monoisotopic (exact) mass is 283 g/mol. The van der Waals surface area contributed by atoms with Crippen molar-refractivity contribution >= 4 is 16.0 Å². The normalized spacial score (nSPS) is 17.7. The van der Waals surface area contributed by atoms with Crippen molar-refractivity contribution in [2.75, 3.05) is 0 Å². The molecule has 1 aromatic rings. The number of aryl methyl sites for hydroxylation is 1. The number of carboxylic acids is 1. The Balaban J connectivity index is 2.26. The zero-order valence-electron chi connectivity index (χ0n) is 10.7. The SMILES string of the molecule is Cc1ccccc1S(=O)(=O)NC1(CC(=O)O)CCC1. The summed E-state index contributed by atoms with van der Waals surface area (Å²) >= 11 is 0. The summed E-state index contributed by atoms with van der Waals surface area (Å²) in [4.78, 5) is 11.1. The molecule has 6 heteroatoms. The van der Waals surface area contributed by atoms with Crippen LogP contribution in [0.25, 0.3) is 0 Å². The highest BCUT2D eigenvalue weighted by atomic mass is 32.2. The van der Waals surface area contributed by atoms with Crippen LogP contribution in [0.1, 0.15) is 31.2 Å². The Labute approximate surface area is 112 Å². The molecular formula is C13H17NO4S. The van der Waals surface area contributed by atoms with Crippen molar-refractivity contribution in [3.63, 3.8) is 0 Å². The third kappa shape index (κ3) is 2.96. The Bertz CT molecular complexity index is 590. The van der Waals surface area contributed by atoms with Crippen molar-refractivity contribution in [3.05, 3.63) is 29.8 Å². The molecule has 0 spiro atoms. The molecule has 2 N–H and O–H groups in total. The van der Waals surface area contributed by atoms with Gasteiger partial charge < -0.3 is 5.11 Å². The maximum Gasteiger partial charge on any atom is 0.305 e. The number of rotatable bonds is 5. The quantitative estimate of drug-likeness (QED) is 0.861. The van der Waals surface area contributed by atoms with E-state index >= 15 is 0 Å². The minimum atomic E-state index is -3.67. The largest absolute Gasteiger partial charge is 0.481 e. The molecule has 1 aliphatic carbocycles. The number of nitrogens with one attached hydrogen (secondary N) is 1. The van der Waals surface area contributed by atoms with E-state index < -0.39 is 21.5 Å². The van der Waals surface area contributed by atoms with Crippen molar-refractivity contribution in [1.82, 2.24) is 4.72 Å². The van der Waals surface area contributed by atoms with Crippen molar-refractivity contribution in [2.45, 2.75) is 43.0 Å². The fourth-order valence-corrected chi connectivity index (χ4v) is 4.11. The van der Waals surface area contributed by atoms with Crippen LogP contribution < -0.4 is 4.72 Å². The lowest BCUT2D eigenvalue weighted by Crippen LogP contribution is -2.54. The van der Waals surface area contributed by atoms with Crippen LogP contribution in [0.5, 0.6) is 0 Å². The highest BCUT2D eigenvalue weighted by Gasteiger charge is 2.42. The summed E-state index contributed by atoms with van der Waals surface area (Å²) < 4.78 is 27.3. The zero-order valence-corrected chi connectivity index (χ0v) is 11.5. The van der Waals surface area contributed by atoms with E-state index in [1.807, 2.05) is 0 Å². The van der Waals surface area contributed by atoms with Crippen molar-refractivity contribution in [2.24, 2.45) is 0 Å². The smallest absolute Gasteiger partial charge is 0.305 e. The van der Waals surface area contributed by atoms with Crippen LogP contribution in [0.3, 0.4) is 0 Å². The molecular weight excluding hydrogens is 266 g/mol. The highest BCUT2D eigenvalue weighted by molar-refractivity contribution is 7.89. The minimum absolute atomic E-state index is 0.169. The van der Waals surface area contributed by atoms with E-state index in [0.717, 1.165) is 6.42 Å². The van der Waals surface area contributed by atoms with E-state index in [9.17, 15) is 13.2 Å². The number of hydrogen-bond acceptors (Lipinski definition) is 3. The fraction of sp³-hybridized carbons (Fsp3) is 0.462. The van der Waals surface area contributed by atoms with Gasteiger partial charge in [-0.1, -0.05) is 18.2 Å². The highest BCUT2D eigenvalue weighted by Crippen LogP contribution is 2.36. The molecule has 0 radical (unpaired) electrons. The van der Waals surface area contributed by atoms with Crippen LogP contribution in [0.4, 0.5) is 0 Å². The van der Waals surface area contributed by atoms with Gasteiger partial charge in [0.25, 0.3) is 0 Å². The lowest BCUT2D eigenvalue weighted by atomic mass is 9.75. The molecule has 2 rings (SSSR count). The van der Waals surface area contributed by atoms with E-state index in [0.29, 0.717) is 18.4 Å². The Kier molecular flexibility index (Phi) is 3.64. The van der Waals surface area contributed by atoms with Crippen LogP contribution in [-0.4, -0.2) is 25.0 Å². The Morgan fingerprint density at radius 1 is 1.37 bits per heavy atom. The summed E-state index contributed by atoms with van der Waals surface area (Å²) in [5.74, 6) is -0.979. The molecule has 1 aromatic carbocycles. The first kappa shape index (κ1) is 14.0. The third-order valence-corrected chi connectivity index (χ3v) is 5.27. The van der Waals surface area contributed by atoms with Gasteiger partial charge in [0.1, 0.15) is 0 Å². The van der Waals surface area contributed by atoms with Gasteiger partial charge in [0.15, 0.2) is 0 Å². The van der Waals surface area contributed by atoms with Crippen LogP contribution in [0.15, 0.2) is 29.2 Å². The van der Waals surface area contributed by atoms with Crippen molar-refractivity contribution in [1.29, 1.82) is 0 Å². The van der Waals surface area contributed by atoms with Gasteiger partial charge in [-0.25, -0.2) is 13.1 Å². The third-order valence-electron chi connectivity index (χ3n) is 3.53.